The molecule has 0 spiro atoms. The minimum absolute atomic E-state index is 0.0917. The molecule has 0 heterocycles. The maximum atomic E-state index is 11.9. The highest BCUT2D eigenvalue weighted by atomic mass is 35.5. The molecule has 0 aromatic heterocycles. The summed E-state index contributed by atoms with van der Waals surface area (Å²) in [5.74, 6) is 0.877. The number of hydrogen-bond acceptors (Lipinski definition) is 2. The summed E-state index contributed by atoms with van der Waals surface area (Å²) >= 11 is 11.9. The number of anilines is 1. The minimum Gasteiger partial charge on any atom is -0.484 e. The maximum absolute atomic E-state index is 11.9. The van der Waals surface area contributed by atoms with Gasteiger partial charge in [-0.05, 0) is 48.2 Å². The van der Waals surface area contributed by atoms with Crippen LogP contribution in [-0.2, 0) is 4.79 Å². The molecule has 3 nitrogen and oxygen atoms in total. The van der Waals surface area contributed by atoms with Crippen molar-refractivity contribution in [3.63, 3.8) is 0 Å². The highest BCUT2D eigenvalue weighted by Crippen LogP contribution is 2.25. The Morgan fingerprint density at radius 1 is 1.17 bits per heavy atom. The van der Waals surface area contributed by atoms with Crippen LogP contribution in [0.4, 0.5) is 5.69 Å². The summed E-state index contributed by atoms with van der Waals surface area (Å²) in [5.41, 5.74) is 1.73. The Morgan fingerprint density at radius 2 is 1.87 bits per heavy atom. The van der Waals surface area contributed by atoms with Crippen LogP contribution in [0.2, 0.25) is 10.0 Å². The Kier molecular flexibility index (Phi) is 6.31. The zero-order chi connectivity index (χ0) is 16.8. The van der Waals surface area contributed by atoms with Crippen molar-refractivity contribution in [2.45, 2.75) is 26.2 Å². The summed E-state index contributed by atoms with van der Waals surface area (Å²) in [6.07, 6.45) is 1.09. The van der Waals surface area contributed by atoms with Gasteiger partial charge in [0.1, 0.15) is 5.75 Å². The molecule has 0 radical (unpaired) electrons. The number of nitrogens with one attached hydrogen (secondary N) is 1. The number of ether oxygens (including phenoxy) is 1. The lowest BCUT2D eigenvalue weighted by molar-refractivity contribution is -0.118. The second-order valence-corrected chi connectivity index (χ2v) is 6.18. The zero-order valence-electron chi connectivity index (χ0n) is 13.1. The third-order valence-corrected chi connectivity index (χ3v) is 4.20. The normalized spacial score (nSPS) is 11.8. The number of carbonyl (C=O) groups is 1. The van der Waals surface area contributed by atoms with Crippen molar-refractivity contribution in [1.29, 1.82) is 0 Å². The number of halogens is 2. The van der Waals surface area contributed by atoms with E-state index >= 15 is 0 Å². The third kappa shape index (κ3) is 5.15. The lowest BCUT2D eigenvalue weighted by Gasteiger charge is -2.11. The van der Waals surface area contributed by atoms with Gasteiger partial charge >= 0.3 is 0 Å². The van der Waals surface area contributed by atoms with Crippen molar-refractivity contribution < 1.29 is 9.53 Å². The van der Waals surface area contributed by atoms with E-state index in [9.17, 15) is 4.79 Å². The topological polar surface area (TPSA) is 38.3 Å². The molecule has 122 valence electrons. The predicted molar refractivity (Wildman–Crippen MR) is 95.7 cm³/mol. The van der Waals surface area contributed by atoms with Crippen LogP contribution in [0.15, 0.2) is 42.5 Å². The fourth-order valence-corrected chi connectivity index (χ4v) is 2.39. The molecule has 23 heavy (non-hydrogen) atoms. The molecule has 5 heteroatoms. The van der Waals surface area contributed by atoms with E-state index in [2.05, 4.69) is 19.2 Å². The largest absolute Gasteiger partial charge is 0.484 e. The van der Waals surface area contributed by atoms with E-state index in [1.54, 1.807) is 18.2 Å². The Morgan fingerprint density at radius 3 is 2.52 bits per heavy atom. The van der Waals surface area contributed by atoms with Crippen LogP contribution in [0.3, 0.4) is 0 Å². The molecule has 1 atom stereocenters. The smallest absolute Gasteiger partial charge is 0.262 e. The molecule has 0 aliphatic carbocycles. The Balaban J connectivity index is 1.90. The number of amides is 1. The van der Waals surface area contributed by atoms with Crippen LogP contribution in [-0.4, -0.2) is 12.5 Å². The molecule has 0 bridgehead atoms. The fourth-order valence-electron chi connectivity index (χ4n) is 2.06. The molecule has 2 rings (SSSR count). The number of hydrogen-bond donors (Lipinski definition) is 1. The highest BCUT2D eigenvalue weighted by molar-refractivity contribution is 6.35. The van der Waals surface area contributed by atoms with Crippen LogP contribution in [0.5, 0.6) is 5.75 Å². The van der Waals surface area contributed by atoms with Gasteiger partial charge in [0.2, 0.25) is 0 Å². The monoisotopic (exact) mass is 351 g/mol. The minimum atomic E-state index is -0.292. The summed E-state index contributed by atoms with van der Waals surface area (Å²) in [4.78, 5) is 11.9. The lowest BCUT2D eigenvalue weighted by Crippen LogP contribution is -2.20. The van der Waals surface area contributed by atoms with Crippen molar-refractivity contribution >= 4 is 34.8 Å². The molecule has 1 N–H and O–H groups in total. The zero-order valence-corrected chi connectivity index (χ0v) is 14.6. The summed E-state index contributed by atoms with van der Waals surface area (Å²) < 4.78 is 5.49. The molecule has 0 unspecified atom stereocenters. The number of carbonyl (C=O) groups excluding carboxylic acids is 1. The summed E-state index contributed by atoms with van der Waals surface area (Å²) in [7, 11) is 0. The van der Waals surface area contributed by atoms with Gasteiger partial charge < -0.3 is 10.1 Å². The quantitative estimate of drug-likeness (QED) is 0.743. The van der Waals surface area contributed by atoms with Gasteiger partial charge in [0, 0.05) is 5.02 Å². The van der Waals surface area contributed by atoms with Crippen molar-refractivity contribution in [2.24, 2.45) is 0 Å². The van der Waals surface area contributed by atoms with Gasteiger partial charge in [0.25, 0.3) is 5.91 Å². The van der Waals surface area contributed by atoms with Gasteiger partial charge in [0.15, 0.2) is 6.61 Å². The van der Waals surface area contributed by atoms with E-state index < -0.39 is 0 Å². The Bertz CT molecular complexity index is 671. The Labute approximate surface area is 146 Å². The van der Waals surface area contributed by atoms with Crippen LogP contribution in [0, 0.1) is 0 Å². The van der Waals surface area contributed by atoms with Gasteiger partial charge in [-0.3, -0.25) is 4.79 Å². The molecule has 2 aromatic rings. The van der Waals surface area contributed by atoms with Crippen LogP contribution in [0.25, 0.3) is 0 Å². The van der Waals surface area contributed by atoms with Crippen LogP contribution in [0.1, 0.15) is 31.7 Å². The molecule has 0 fully saturated rings. The molecule has 0 aliphatic rings. The van der Waals surface area contributed by atoms with E-state index in [0.29, 0.717) is 27.4 Å². The number of rotatable bonds is 6. The van der Waals surface area contributed by atoms with Gasteiger partial charge in [-0.15, -0.1) is 0 Å². The van der Waals surface area contributed by atoms with Crippen molar-refractivity contribution in [1.82, 2.24) is 0 Å². The highest BCUT2D eigenvalue weighted by Gasteiger charge is 2.08. The third-order valence-electron chi connectivity index (χ3n) is 3.63. The van der Waals surface area contributed by atoms with Crippen LogP contribution < -0.4 is 10.1 Å². The first-order valence-electron chi connectivity index (χ1n) is 7.47. The van der Waals surface area contributed by atoms with Gasteiger partial charge in [-0.1, -0.05) is 49.2 Å². The van der Waals surface area contributed by atoms with E-state index in [-0.39, 0.29) is 12.5 Å². The van der Waals surface area contributed by atoms with Crippen molar-refractivity contribution in [3.05, 3.63) is 58.1 Å². The number of benzene rings is 2. The molecule has 0 aliphatic heterocycles. The van der Waals surface area contributed by atoms with E-state index in [0.717, 1.165) is 6.42 Å². The maximum Gasteiger partial charge on any atom is 0.262 e. The van der Waals surface area contributed by atoms with E-state index in [4.69, 9.17) is 27.9 Å². The van der Waals surface area contributed by atoms with Crippen LogP contribution >= 0.6 is 23.2 Å². The van der Waals surface area contributed by atoms with Gasteiger partial charge in [-0.2, -0.15) is 0 Å². The molecule has 0 saturated heterocycles. The van der Waals surface area contributed by atoms with Gasteiger partial charge in [-0.25, -0.2) is 0 Å². The average molecular weight is 352 g/mol. The molecular formula is C18H19Cl2NO2. The summed E-state index contributed by atoms with van der Waals surface area (Å²) in [6, 6.07) is 12.7. The van der Waals surface area contributed by atoms with E-state index in [1.165, 1.54) is 5.56 Å². The lowest BCUT2D eigenvalue weighted by atomic mass is 9.99. The van der Waals surface area contributed by atoms with Crippen molar-refractivity contribution in [3.8, 4) is 5.75 Å². The first-order valence-corrected chi connectivity index (χ1v) is 8.23. The molecule has 2 aromatic carbocycles. The standard InChI is InChI=1S/C18H19Cl2NO2/c1-3-12(2)13-4-7-15(8-5-13)23-11-18(22)21-17-10-14(19)6-9-16(17)20/h4-10,12H,3,11H2,1-2H3,(H,21,22)/t12-/m0/s1. The summed E-state index contributed by atoms with van der Waals surface area (Å²) in [5, 5.41) is 3.62. The van der Waals surface area contributed by atoms with Crippen molar-refractivity contribution in [2.75, 3.05) is 11.9 Å². The second kappa shape index (κ2) is 8.23. The predicted octanol–water partition coefficient (Wildman–Crippen LogP) is 5.52. The van der Waals surface area contributed by atoms with E-state index in [1.807, 2.05) is 24.3 Å². The first-order chi connectivity index (χ1) is 11.0. The molecular weight excluding hydrogens is 333 g/mol. The summed E-state index contributed by atoms with van der Waals surface area (Å²) in [6.45, 7) is 4.24. The molecule has 0 saturated carbocycles. The SMILES string of the molecule is CC[C@H](C)c1ccc(OCC(=O)Nc2cc(Cl)ccc2Cl)cc1. The molecule has 1 amide bonds. The van der Waals surface area contributed by atoms with Gasteiger partial charge in [0.05, 0.1) is 10.7 Å². The first kappa shape index (κ1) is 17.6. The fraction of sp³-hybridized carbons (Fsp3) is 0.278. The average Bonchev–Trinajstić information content (AvgIpc) is 2.56. The second-order valence-electron chi connectivity index (χ2n) is 5.34. The Hall–Kier alpha value is -1.71.